The second-order valence-corrected chi connectivity index (χ2v) is 5.30. The van der Waals surface area contributed by atoms with Crippen molar-refractivity contribution in [3.05, 3.63) is 58.7 Å². The van der Waals surface area contributed by atoms with Crippen LogP contribution in [0.2, 0.25) is 0 Å². The summed E-state index contributed by atoms with van der Waals surface area (Å²) >= 11 is 3.33. The Morgan fingerprint density at radius 1 is 1.05 bits per heavy atom. The minimum absolute atomic E-state index is 0.185. The van der Waals surface area contributed by atoms with Gasteiger partial charge in [-0.2, -0.15) is 0 Å². The quantitative estimate of drug-likeness (QED) is 0.684. The van der Waals surface area contributed by atoms with E-state index in [1.807, 2.05) is 6.07 Å². The third-order valence-corrected chi connectivity index (χ3v) is 3.37. The molecule has 0 fully saturated rings. The number of nitrogens with two attached hydrogens (primary N) is 1. The summed E-state index contributed by atoms with van der Waals surface area (Å²) in [6, 6.07) is 8.46. The molecule has 1 heterocycles. The normalized spacial score (nSPS) is 10.8. The highest BCUT2D eigenvalue weighted by atomic mass is 79.9. The van der Waals surface area contributed by atoms with E-state index >= 15 is 0 Å². The van der Waals surface area contributed by atoms with Crippen molar-refractivity contribution in [2.24, 2.45) is 0 Å². The van der Waals surface area contributed by atoms with Crippen molar-refractivity contribution < 1.29 is 13.5 Å². The summed E-state index contributed by atoms with van der Waals surface area (Å²) in [5.41, 5.74) is 7.00. The molecule has 0 aliphatic carbocycles. The number of aromatic nitrogens is 1. The number of hydrogen-bond acceptors (Lipinski definition) is 3. The molecule has 0 unspecified atom stereocenters. The molecule has 3 rings (SSSR count). The first-order chi connectivity index (χ1) is 10.0. The van der Waals surface area contributed by atoms with Gasteiger partial charge in [-0.15, -0.1) is 0 Å². The van der Waals surface area contributed by atoms with Crippen LogP contribution in [0.3, 0.4) is 0 Å². The zero-order valence-corrected chi connectivity index (χ0v) is 12.2. The van der Waals surface area contributed by atoms with Gasteiger partial charge in [-0.25, -0.2) is 8.78 Å². The number of nitrogen functional groups attached to an aromatic ring is 1. The summed E-state index contributed by atoms with van der Waals surface area (Å²) in [5, 5.41) is 0.712. The maximum Gasteiger partial charge on any atom is 0.162 e. The predicted molar refractivity (Wildman–Crippen MR) is 80.3 cm³/mol. The van der Waals surface area contributed by atoms with Gasteiger partial charge in [0.2, 0.25) is 0 Å². The molecule has 21 heavy (non-hydrogen) atoms. The van der Waals surface area contributed by atoms with Crippen LogP contribution in [0.1, 0.15) is 0 Å². The van der Waals surface area contributed by atoms with Gasteiger partial charge in [-0.1, -0.05) is 0 Å². The van der Waals surface area contributed by atoms with Crippen LogP contribution in [0.4, 0.5) is 14.5 Å². The van der Waals surface area contributed by atoms with E-state index in [4.69, 9.17) is 10.5 Å². The molecule has 106 valence electrons. The van der Waals surface area contributed by atoms with Gasteiger partial charge < -0.3 is 10.5 Å². The van der Waals surface area contributed by atoms with Crippen LogP contribution in [0, 0.1) is 11.6 Å². The molecule has 2 N–H and O–H groups in total. The Kier molecular flexibility index (Phi) is 3.47. The highest BCUT2D eigenvalue weighted by Crippen LogP contribution is 2.33. The van der Waals surface area contributed by atoms with Crippen molar-refractivity contribution in [2.45, 2.75) is 0 Å². The smallest absolute Gasteiger partial charge is 0.162 e. The Morgan fingerprint density at radius 3 is 2.62 bits per heavy atom. The number of rotatable bonds is 2. The van der Waals surface area contributed by atoms with E-state index in [0.717, 1.165) is 16.6 Å². The number of fused-ring (bicyclic) bond motifs is 1. The maximum absolute atomic E-state index is 13.2. The summed E-state index contributed by atoms with van der Waals surface area (Å²) in [6.07, 6.45) is 1.61. The molecule has 6 heteroatoms. The lowest BCUT2D eigenvalue weighted by Crippen LogP contribution is -1.93. The van der Waals surface area contributed by atoms with E-state index in [1.165, 1.54) is 6.07 Å². The fourth-order valence-electron chi connectivity index (χ4n) is 1.94. The summed E-state index contributed by atoms with van der Waals surface area (Å²) in [5.74, 6) is -1.29. The Labute approximate surface area is 127 Å². The minimum Gasteiger partial charge on any atom is -0.455 e. The minimum atomic E-state index is -0.969. The zero-order valence-electron chi connectivity index (χ0n) is 10.6. The summed E-state index contributed by atoms with van der Waals surface area (Å²) < 4.78 is 32.5. The molecule has 0 saturated heterocycles. The van der Waals surface area contributed by atoms with E-state index in [1.54, 1.807) is 18.3 Å². The van der Waals surface area contributed by atoms with Gasteiger partial charge in [-0.05, 0) is 46.3 Å². The zero-order chi connectivity index (χ0) is 15.0. The molecule has 0 spiro atoms. The fourth-order valence-corrected chi connectivity index (χ4v) is 2.27. The molecule has 3 aromatic rings. The Morgan fingerprint density at radius 2 is 1.86 bits per heavy atom. The molecule has 0 bridgehead atoms. The predicted octanol–water partition coefficient (Wildman–Crippen LogP) is 4.65. The molecule has 0 radical (unpaired) electrons. The first-order valence-electron chi connectivity index (χ1n) is 6.01. The van der Waals surface area contributed by atoms with E-state index in [0.29, 0.717) is 22.3 Å². The molecule has 3 nitrogen and oxygen atoms in total. The SMILES string of the molecule is Nc1ccc(Oc2ccc(F)c(F)c2)c2ncc(Br)cc12. The van der Waals surface area contributed by atoms with Gasteiger partial charge in [0, 0.05) is 27.8 Å². The number of anilines is 1. The van der Waals surface area contributed by atoms with E-state index in [-0.39, 0.29) is 5.75 Å². The van der Waals surface area contributed by atoms with Crippen LogP contribution < -0.4 is 10.5 Å². The maximum atomic E-state index is 13.2. The van der Waals surface area contributed by atoms with E-state index in [2.05, 4.69) is 20.9 Å². The second kappa shape index (κ2) is 5.29. The molecule has 0 saturated carbocycles. The third kappa shape index (κ3) is 2.67. The molecule has 0 atom stereocenters. The van der Waals surface area contributed by atoms with Gasteiger partial charge in [0.1, 0.15) is 11.3 Å². The fraction of sp³-hybridized carbons (Fsp3) is 0. The Hall–Kier alpha value is -2.21. The van der Waals surface area contributed by atoms with Gasteiger partial charge in [-0.3, -0.25) is 4.98 Å². The summed E-state index contributed by atoms with van der Waals surface area (Å²) in [6.45, 7) is 0. The van der Waals surface area contributed by atoms with Crippen LogP contribution in [0.25, 0.3) is 10.9 Å². The second-order valence-electron chi connectivity index (χ2n) is 4.38. The van der Waals surface area contributed by atoms with Gasteiger partial charge >= 0.3 is 0 Å². The van der Waals surface area contributed by atoms with Gasteiger partial charge in [0.25, 0.3) is 0 Å². The number of benzene rings is 2. The number of halogens is 3. The average Bonchev–Trinajstić information content (AvgIpc) is 2.46. The standard InChI is InChI=1S/C15H9BrF2N2O/c16-8-5-10-13(19)3-4-14(15(10)20-7-8)21-9-1-2-11(17)12(18)6-9/h1-7H,19H2. The van der Waals surface area contributed by atoms with Gasteiger partial charge in [0.15, 0.2) is 17.4 Å². The molecule has 1 aromatic heterocycles. The molecule has 0 aliphatic rings. The Bertz CT molecular complexity index is 839. The van der Waals surface area contributed by atoms with Gasteiger partial charge in [0.05, 0.1) is 0 Å². The first kappa shape index (κ1) is 13.8. The molecule has 0 amide bonds. The molecular weight excluding hydrogens is 342 g/mol. The lowest BCUT2D eigenvalue weighted by atomic mass is 10.1. The monoisotopic (exact) mass is 350 g/mol. The first-order valence-corrected chi connectivity index (χ1v) is 6.80. The van der Waals surface area contributed by atoms with Crippen molar-refractivity contribution in [3.8, 4) is 11.5 Å². The van der Waals surface area contributed by atoms with Crippen molar-refractivity contribution in [2.75, 3.05) is 5.73 Å². The van der Waals surface area contributed by atoms with Crippen molar-refractivity contribution in [3.63, 3.8) is 0 Å². The Balaban J connectivity index is 2.08. The number of ether oxygens (including phenoxy) is 1. The highest BCUT2D eigenvalue weighted by Gasteiger charge is 2.10. The van der Waals surface area contributed by atoms with Crippen LogP contribution in [-0.4, -0.2) is 4.98 Å². The van der Waals surface area contributed by atoms with E-state index in [9.17, 15) is 8.78 Å². The third-order valence-electron chi connectivity index (χ3n) is 2.93. The van der Waals surface area contributed by atoms with Crippen LogP contribution in [0.15, 0.2) is 47.1 Å². The largest absolute Gasteiger partial charge is 0.455 e. The average molecular weight is 351 g/mol. The number of nitrogens with zero attached hydrogens (tertiary/aromatic N) is 1. The molecule has 0 aliphatic heterocycles. The number of hydrogen-bond donors (Lipinski definition) is 1. The topological polar surface area (TPSA) is 48.1 Å². The lowest BCUT2D eigenvalue weighted by Gasteiger charge is -2.10. The van der Waals surface area contributed by atoms with E-state index < -0.39 is 11.6 Å². The van der Waals surface area contributed by atoms with Crippen LogP contribution >= 0.6 is 15.9 Å². The van der Waals surface area contributed by atoms with Crippen molar-refractivity contribution >= 4 is 32.5 Å². The van der Waals surface area contributed by atoms with Crippen LogP contribution in [0.5, 0.6) is 11.5 Å². The summed E-state index contributed by atoms with van der Waals surface area (Å²) in [7, 11) is 0. The lowest BCUT2D eigenvalue weighted by molar-refractivity contribution is 0.464. The molecular formula is C15H9BrF2N2O. The van der Waals surface area contributed by atoms with Crippen molar-refractivity contribution in [1.29, 1.82) is 0 Å². The highest BCUT2D eigenvalue weighted by molar-refractivity contribution is 9.10. The number of pyridine rings is 1. The molecule has 2 aromatic carbocycles. The van der Waals surface area contributed by atoms with Crippen molar-refractivity contribution in [1.82, 2.24) is 4.98 Å². The summed E-state index contributed by atoms with van der Waals surface area (Å²) in [4.78, 5) is 4.26. The van der Waals surface area contributed by atoms with Crippen LogP contribution in [-0.2, 0) is 0 Å².